The average molecular weight is 345 g/mol. The van der Waals surface area contributed by atoms with Crippen LogP contribution in [0.15, 0.2) is 17.7 Å². The maximum Gasteiger partial charge on any atom is 0.203 e. The lowest BCUT2D eigenvalue weighted by Crippen LogP contribution is -2.46. The molecular weight excluding hydrogens is 318 g/mol. The molecule has 0 aromatic heterocycles. The van der Waals surface area contributed by atoms with E-state index in [4.69, 9.17) is 14.2 Å². The Bertz CT molecular complexity index is 714. The molecule has 1 N–H and O–H groups in total. The molecule has 2 unspecified atom stereocenters. The van der Waals surface area contributed by atoms with Gasteiger partial charge in [-0.3, -0.25) is 4.90 Å². The third-order valence-electron chi connectivity index (χ3n) is 6.23. The van der Waals surface area contributed by atoms with Gasteiger partial charge in [0, 0.05) is 25.6 Å². The van der Waals surface area contributed by atoms with Crippen LogP contribution < -0.4 is 9.47 Å². The lowest BCUT2D eigenvalue weighted by atomic mass is 9.73. The molecule has 1 spiro atoms. The van der Waals surface area contributed by atoms with Gasteiger partial charge < -0.3 is 19.3 Å². The van der Waals surface area contributed by atoms with Crippen molar-refractivity contribution in [3.63, 3.8) is 0 Å². The van der Waals surface area contributed by atoms with Crippen molar-refractivity contribution < 1.29 is 19.3 Å². The van der Waals surface area contributed by atoms with Gasteiger partial charge in [0.25, 0.3) is 0 Å². The summed E-state index contributed by atoms with van der Waals surface area (Å²) in [5.41, 5.74) is 3.63. The molecule has 1 aromatic rings. The molecule has 2 aliphatic heterocycles. The third kappa shape index (κ3) is 2.29. The number of hydrogen-bond acceptors (Lipinski definition) is 5. The van der Waals surface area contributed by atoms with Crippen molar-refractivity contribution in [1.82, 2.24) is 4.90 Å². The van der Waals surface area contributed by atoms with Crippen LogP contribution in [0.2, 0.25) is 0 Å². The van der Waals surface area contributed by atoms with Crippen molar-refractivity contribution in [3.05, 3.63) is 28.8 Å². The summed E-state index contributed by atoms with van der Waals surface area (Å²) in [5, 5.41) is 10.6. The van der Waals surface area contributed by atoms with Crippen LogP contribution in [0.5, 0.6) is 17.2 Å². The van der Waals surface area contributed by atoms with E-state index in [0.717, 1.165) is 45.2 Å². The predicted octanol–water partition coefficient (Wildman–Crippen LogP) is 2.99. The van der Waals surface area contributed by atoms with Gasteiger partial charge in [0.15, 0.2) is 11.5 Å². The molecule has 5 heteroatoms. The molecule has 0 saturated carbocycles. The van der Waals surface area contributed by atoms with Crippen molar-refractivity contribution in [2.45, 2.75) is 43.7 Å². The largest absolute Gasteiger partial charge is 0.504 e. The summed E-state index contributed by atoms with van der Waals surface area (Å²) in [4.78, 5) is 2.58. The second-order valence-corrected chi connectivity index (χ2v) is 7.22. The van der Waals surface area contributed by atoms with E-state index >= 15 is 0 Å². The Morgan fingerprint density at radius 1 is 1.12 bits per heavy atom. The summed E-state index contributed by atoms with van der Waals surface area (Å²) in [6, 6.07) is 1.91. The van der Waals surface area contributed by atoms with E-state index in [1.165, 1.54) is 16.7 Å². The first-order chi connectivity index (χ1) is 12.2. The van der Waals surface area contributed by atoms with Gasteiger partial charge in [-0.05, 0) is 49.4 Å². The van der Waals surface area contributed by atoms with Crippen molar-refractivity contribution in [3.8, 4) is 17.2 Å². The van der Waals surface area contributed by atoms with Gasteiger partial charge in [0.1, 0.15) is 0 Å². The van der Waals surface area contributed by atoms with E-state index in [-0.39, 0.29) is 17.4 Å². The number of hydrogen-bond donors (Lipinski definition) is 1. The topological polar surface area (TPSA) is 51.2 Å². The highest BCUT2D eigenvalue weighted by molar-refractivity contribution is 5.62. The van der Waals surface area contributed by atoms with Crippen LogP contribution in [0.3, 0.4) is 0 Å². The first-order valence-corrected chi connectivity index (χ1v) is 9.10. The summed E-state index contributed by atoms with van der Waals surface area (Å²) in [6.45, 7) is 2.12. The fraction of sp³-hybridized carbons (Fsp3) is 0.600. The molecular formula is C20H27NO4. The number of phenols is 1. The van der Waals surface area contributed by atoms with Gasteiger partial charge >= 0.3 is 0 Å². The van der Waals surface area contributed by atoms with Crippen LogP contribution >= 0.6 is 0 Å². The SMILES string of the molecule is COc1c(O)cc2c(c1OC)CCCN1CCC3=CCC(OC)CC321. The van der Waals surface area contributed by atoms with Gasteiger partial charge in [0.05, 0.1) is 25.9 Å². The van der Waals surface area contributed by atoms with Crippen molar-refractivity contribution in [2.75, 3.05) is 34.4 Å². The van der Waals surface area contributed by atoms with Crippen LogP contribution in [0.4, 0.5) is 0 Å². The minimum Gasteiger partial charge on any atom is -0.504 e. The fourth-order valence-electron chi connectivity index (χ4n) is 5.15. The Kier molecular flexibility index (Phi) is 4.16. The van der Waals surface area contributed by atoms with Crippen LogP contribution in [0, 0.1) is 0 Å². The average Bonchev–Trinajstić information content (AvgIpc) is 2.93. The number of ether oxygens (including phenoxy) is 3. The number of methoxy groups -OCH3 is 3. The zero-order valence-electron chi connectivity index (χ0n) is 15.3. The third-order valence-corrected chi connectivity index (χ3v) is 6.23. The summed E-state index contributed by atoms with van der Waals surface area (Å²) in [5.74, 6) is 1.27. The smallest absolute Gasteiger partial charge is 0.203 e. The standard InChI is InChI=1S/C20H27NO4/c1-23-14-7-6-13-8-10-21-9-4-5-15-16(20(13,21)12-14)11-17(22)19(25-3)18(15)24-2/h6,11,14,22H,4-5,7-10,12H2,1-3H3. The lowest BCUT2D eigenvalue weighted by Gasteiger charge is -2.44. The Morgan fingerprint density at radius 3 is 2.64 bits per heavy atom. The van der Waals surface area contributed by atoms with Crippen LogP contribution in [-0.2, 0) is 16.7 Å². The molecule has 2 atom stereocenters. The van der Waals surface area contributed by atoms with Gasteiger partial charge in [-0.25, -0.2) is 0 Å². The Morgan fingerprint density at radius 2 is 1.92 bits per heavy atom. The quantitative estimate of drug-likeness (QED) is 0.854. The number of phenolic OH excluding ortho intramolecular Hbond substituents is 1. The summed E-state index contributed by atoms with van der Waals surface area (Å²) in [7, 11) is 5.03. The van der Waals surface area contributed by atoms with E-state index in [1.807, 2.05) is 6.07 Å². The molecule has 1 fully saturated rings. The van der Waals surface area contributed by atoms with Crippen molar-refractivity contribution >= 4 is 0 Å². The number of fused-ring (bicyclic) bond motifs is 1. The highest BCUT2D eigenvalue weighted by atomic mass is 16.5. The number of aromatic hydroxyl groups is 1. The number of rotatable bonds is 3. The Hall–Kier alpha value is -1.72. The molecule has 136 valence electrons. The van der Waals surface area contributed by atoms with Gasteiger partial charge in [-0.1, -0.05) is 6.08 Å². The molecule has 1 saturated heterocycles. The first kappa shape index (κ1) is 16.7. The van der Waals surface area contributed by atoms with E-state index in [2.05, 4.69) is 11.0 Å². The summed E-state index contributed by atoms with van der Waals surface area (Å²) >= 11 is 0. The lowest BCUT2D eigenvalue weighted by molar-refractivity contribution is 0.0346. The van der Waals surface area contributed by atoms with Crippen LogP contribution in [0.1, 0.15) is 36.8 Å². The monoisotopic (exact) mass is 345 g/mol. The fourth-order valence-corrected chi connectivity index (χ4v) is 5.15. The normalized spacial score (nSPS) is 28.4. The minimum absolute atomic E-state index is 0.153. The van der Waals surface area contributed by atoms with E-state index < -0.39 is 0 Å². The molecule has 1 aromatic carbocycles. The molecule has 0 amide bonds. The second-order valence-electron chi connectivity index (χ2n) is 7.22. The highest BCUT2D eigenvalue weighted by Gasteiger charge is 2.51. The maximum absolute atomic E-state index is 10.6. The predicted molar refractivity (Wildman–Crippen MR) is 95.5 cm³/mol. The van der Waals surface area contributed by atoms with E-state index in [0.29, 0.717) is 11.5 Å². The van der Waals surface area contributed by atoms with Crippen molar-refractivity contribution in [2.24, 2.45) is 0 Å². The van der Waals surface area contributed by atoms with Gasteiger partial charge in [-0.15, -0.1) is 0 Å². The highest BCUT2D eigenvalue weighted by Crippen LogP contribution is 2.56. The zero-order chi connectivity index (χ0) is 17.6. The summed E-state index contributed by atoms with van der Waals surface area (Å²) < 4.78 is 16.9. The van der Waals surface area contributed by atoms with E-state index in [9.17, 15) is 5.11 Å². The molecule has 4 rings (SSSR count). The molecule has 1 aliphatic carbocycles. The Labute approximate surface area is 149 Å². The first-order valence-electron chi connectivity index (χ1n) is 9.10. The molecule has 0 radical (unpaired) electrons. The number of benzene rings is 1. The van der Waals surface area contributed by atoms with E-state index in [1.54, 1.807) is 21.3 Å². The summed E-state index contributed by atoms with van der Waals surface area (Å²) in [6.07, 6.45) is 7.55. The minimum atomic E-state index is -0.179. The second kappa shape index (κ2) is 6.22. The van der Waals surface area contributed by atoms with Crippen molar-refractivity contribution in [1.29, 1.82) is 0 Å². The molecule has 5 nitrogen and oxygen atoms in total. The maximum atomic E-state index is 10.6. The van der Waals surface area contributed by atoms with Gasteiger partial charge in [0.2, 0.25) is 5.75 Å². The molecule has 0 bridgehead atoms. The molecule has 3 aliphatic rings. The zero-order valence-corrected chi connectivity index (χ0v) is 15.3. The van der Waals surface area contributed by atoms with Crippen LogP contribution in [0.25, 0.3) is 0 Å². The Balaban J connectivity index is 1.98. The molecule has 2 heterocycles. The molecule has 25 heavy (non-hydrogen) atoms. The number of nitrogens with zero attached hydrogens (tertiary/aromatic N) is 1. The van der Waals surface area contributed by atoms with Crippen LogP contribution in [-0.4, -0.2) is 50.5 Å². The van der Waals surface area contributed by atoms with Gasteiger partial charge in [-0.2, -0.15) is 0 Å².